The zero-order chi connectivity index (χ0) is 13.3. The van der Waals surface area contributed by atoms with Crippen LogP contribution in [0.4, 0.5) is 0 Å². The maximum Gasteiger partial charge on any atom is 0.466 e. The van der Waals surface area contributed by atoms with Gasteiger partial charge in [0.05, 0.1) is 0 Å². The smallest absolute Gasteiger partial charge is 0.303 e. The number of hydrogen-bond donors (Lipinski definition) is 6. The van der Waals surface area contributed by atoms with E-state index in [4.69, 9.17) is 38.5 Å². The summed E-state index contributed by atoms with van der Waals surface area (Å²) < 4.78 is 17.8. The van der Waals surface area contributed by atoms with E-state index in [1.54, 1.807) is 6.08 Å². The Morgan fingerprint density at radius 3 is 1.07 bits per heavy atom. The van der Waals surface area contributed by atoms with E-state index in [1.807, 2.05) is 6.92 Å². The van der Waals surface area contributed by atoms with E-state index in [1.165, 1.54) is 0 Å². The molecule has 0 saturated carbocycles. The third-order valence-electron chi connectivity index (χ3n) is 0.348. The van der Waals surface area contributed by atoms with Crippen LogP contribution in [0, 0.1) is 0 Å². The van der Waals surface area contributed by atoms with E-state index in [9.17, 15) is 0 Å². The lowest BCUT2D eigenvalue weighted by Crippen LogP contribution is -1.66. The van der Waals surface area contributed by atoms with Crippen molar-refractivity contribution in [3.63, 3.8) is 0 Å². The lowest BCUT2D eigenvalue weighted by Gasteiger charge is -1.82. The van der Waals surface area contributed by atoms with Crippen molar-refractivity contribution in [1.82, 2.24) is 0 Å². The topological polar surface area (TPSA) is 156 Å². The highest BCUT2D eigenvalue weighted by Crippen LogP contribution is 2.26. The third kappa shape index (κ3) is 649. The van der Waals surface area contributed by atoms with Crippen molar-refractivity contribution in [3.8, 4) is 0 Å². The second-order valence-corrected chi connectivity index (χ2v) is 4.13. The minimum Gasteiger partial charge on any atom is -0.303 e. The molecule has 0 aliphatic heterocycles. The van der Waals surface area contributed by atoms with E-state index in [-0.39, 0.29) is 0 Å². The van der Waals surface area contributed by atoms with Gasteiger partial charge in [-0.05, 0) is 6.92 Å². The summed E-state index contributed by atoms with van der Waals surface area (Å²) in [5, 5.41) is 0. The Morgan fingerprint density at radius 2 is 1.07 bits per heavy atom. The van der Waals surface area contributed by atoms with Gasteiger partial charge in [0.1, 0.15) is 0 Å². The average molecular weight is 264 g/mol. The van der Waals surface area contributed by atoms with Gasteiger partial charge in [0.2, 0.25) is 0 Å². The fourth-order valence-electron chi connectivity index (χ4n) is 0. The van der Waals surface area contributed by atoms with Crippen molar-refractivity contribution in [2.75, 3.05) is 0 Å². The van der Waals surface area contributed by atoms with Gasteiger partial charge in [-0.3, -0.25) is 0 Å². The van der Waals surface area contributed by atoms with Gasteiger partial charge in [0.25, 0.3) is 0 Å². The SMILES string of the molecule is C=CC(=C)C.O=P(O)(O)O.O=P(O)(O)O. The first-order valence-electron chi connectivity index (χ1n) is 3.12. The van der Waals surface area contributed by atoms with Gasteiger partial charge in [0.15, 0.2) is 0 Å². The molecule has 0 fully saturated rings. The summed E-state index contributed by atoms with van der Waals surface area (Å²) in [4.78, 5) is 43.1. The van der Waals surface area contributed by atoms with Crippen LogP contribution in [0.2, 0.25) is 0 Å². The quantitative estimate of drug-likeness (QED) is 0.283. The van der Waals surface area contributed by atoms with Crippen LogP contribution < -0.4 is 0 Å². The van der Waals surface area contributed by atoms with Crippen molar-refractivity contribution < 1.29 is 38.5 Å². The standard InChI is InChI=1S/C5H8.2H3O4P/c1-4-5(2)3;2*1-5(2,3)4/h4H,1-2H2,3H3;2*(H3,1,2,3,4). The summed E-state index contributed by atoms with van der Waals surface area (Å²) in [6, 6.07) is 0. The third-order valence-corrected chi connectivity index (χ3v) is 0.348. The lowest BCUT2D eigenvalue weighted by atomic mass is 10.4. The van der Waals surface area contributed by atoms with Crippen LogP contribution >= 0.6 is 15.6 Å². The van der Waals surface area contributed by atoms with Gasteiger partial charge in [0, 0.05) is 0 Å². The van der Waals surface area contributed by atoms with Crippen LogP contribution in [-0.4, -0.2) is 29.4 Å². The molecule has 0 saturated heterocycles. The molecule has 0 aromatic heterocycles. The molecule has 0 aromatic carbocycles. The Balaban J connectivity index is -0.000000144. The van der Waals surface area contributed by atoms with Crippen LogP contribution in [0.15, 0.2) is 24.8 Å². The fraction of sp³-hybridized carbons (Fsp3) is 0.200. The summed E-state index contributed by atoms with van der Waals surface area (Å²) in [6.07, 6.45) is 1.72. The monoisotopic (exact) mass is 264 g/mol. The Labute approximate surface area is 86.7 Å². The highest BCUT2D eigenvalue weighted by molar-refractivity contribution is 7.45. The van der Waals surface area contributed by atoms with E-state index < -0.39 is 15.6 Å². The Hall–Kier alpha value is -0.300. The largest absolute Gasteiger partial charge is 0.466 e. The molecular formula is C5H14O8P2. The molecule has 10 heteroatoms. The molecule has 0 atom stereocenters. The predicted octanol–water partition coefficient (Wildman–Crippen LogP) is -0.109. The molecule has 15 heavy (non-hydrogen) atoms. The molecule has 0 aliphatic rings. The summed E-state index contributed by atoms with van der Waals surface area (Å²) in [5.41, 5.74) is 1.02. The average Bonchev–Trinajstić information content (AvgIpc) is 1.79. The molecule has 92 valence electrons. The first-order valence-corrected chi connectivity index (χ1v) is 6.25. The summed E-state index contributed by atoms with van der Waals surface area (Å²) in [6.45, 7) is 8.93. The highest BCUT2D eigenvalue weighted by atomic mass is 31.2. The lowest BCUT2D eigenvalue weighted by molar-refractivity contribution is 0.272. The number of phosphoric acid groups is 2. The maximum atomic E-state index is 8.88. The second kappa shape index (κ2) is 8.96. The zero-order valence-electron chi connectivity index (χ0n) is 7.89. The minimum atomic E-state index is -4.64. The van der Waals surface area contributed by atoms with E-state index in [2.05, 4.69) is 13.2 Å². The van der Waals surface area contributed by atoms with Crippen LogP contribution in [0.5, 0.6) is 0 Å². The summed E-state index contributed by atoms with van der Waals surface area (Å²) in [5.74, 6) is 0. The molecule has 6 N–H and O–H groups in total. The molecule has 0 unspecified atom stereocenters. The van der Waals surface area contributed by atoms with Gasteiger partial charge in [-0.15, -0.1) is 0 Å². The van der Waals surface area contributed by atoms with Gasteiger partial charge < -0.3 is 29.4 Å². The van der Waals surface area contributed by atoms with Crippen molar-refractivity contribution in [3.05, 3.63) is 24.8 Å². The normalized spacial score (nSPS) is 10.1. The van der Waals surface area contributed by atoms with Gasteiger partial charge >= 0.3 is 15.6 Å². The molecule has 0 aromatic rings. The maximum absolute atomic E-state index is 8.88. The first kappa shape index (κ1) is 20.2. The second-order valence-electron chi connectivity index (χ2n) is 2.08. The van der Waals surface area contributed by atoms with Gasteiger partial charge in [-0.1, -0.05) is 24.8 Å². The molecular weight excluding hydrogens is 250 g/mol. The molecule has 8 nitrogen and oxygen atoms in total. The number of hydrogen-bond acceptors (Lipinski definition) is 2. The highest BCUT2D eigenvalue weighted by Gasteiger charge is 2.00. The van der Waals surface area contributed by atoms with E-state index in [0.29, 0.717) is 0 Å². The fourth-order valence-corrected chi connectivity index (χ4v) is 0. The van der Waals surface area contributed by atoms with Crippen LogP contribution in [0.25, 0.3) is 0 Å². The van der Waals surface area contributed by atoms with Crippen LogP contribution in [0.1, 0.15) is 6.92 Å². The minimum absolute atomic E-state index is 1.02. The number of allylic oxidation sites excluding steroid dienone is 2. The Morgan fingerprint density at radius 1 is 1.00 bits per heavy atom. The molecule has 0 rings (SSSR count). The molecule has 0 aliphatic carbocycles. The van der Waals surface area contributed by atoms with Gasteiger partial charge in [-0.2, -0.15) is 0 Å². The number of rotatable bonds is 1. The van der Waals surface area contributed by atoms with E-state index >= 15 is 0 Å². The van der Waals surface area contributed by atoms with E-state index in [0.717, 1.165) is 5.57 Å². The zero-order valence-corrected chi connectivity index (χ0v) is 9.67. The van der Waals surface area contributed by atoms with Crippen molar-refractivity contribution >= 4 is 15.6 Å². The Bertz CT molecular complexity index is 236. The first-order chi connectivity index (χ1) is 6.27. The van der Waals surface area contributed by atoms with Crippen LogP contribution in [-0.2, 0) is 9.13 Å². The molecule has 0 amide bonds. The summed E-state index contributed by atoms with van der Waals surface area (Å²) in [7, 11) is -9.28. The van der Waals surface area contributed by atoms with Crippen molar-refractivity contribution in [1.29, 1.82) is 0 Å². The van der Waals surface area contributed by atoms with Crippen LogP contribution in [0.3, 0.4) is 0 Å². The van der Waals surface area contributed by atoms with Crippen molar-refractivity contribution in [2.24, 2.45) is 0 Å². The Kier molecular flexibility index (Phi) is 12.0. The molecule has 0 heterocycles. The van der Waals surface area contributed by atoms with Gasteiger partial charge in [-0.25, -0.2) is 9.13 Å². The molecule has 0 bridgehead atoms. The summed E-state index contributed by atoms with van der Waals surface area (Å²) >= 11 is 0. The predicted molar refractivity (Wildman–Crippen MR) is 53.5 cm³/mol. The molecule has 0 spiro atoms. The van der Waals surface area contributed by atoms with Crippen molar-refractivity contribution in [2.45, 2.75) is 6.92 Å². The molecule has 0 radical (unpaired) electrons.